The van der Waals surface area contributed by atoms with Gasteiger partial charge in [-0.2, -0.15) is 0 Å². The second kappa shape index (κ2) is 7.51. The first-order valence-electron chi connectivity index (χ1n) is 7.59. The van der Waals surface area contributed by atoms with Crippen molar-refractivity contribution in [1.82, 2.24) is 14.8 Å². The molecule has 3 aromatic rings. The molecule has 124 valence electrons. The summed E-state index contributed by atoms with van der Waals surface area (Å²) in [6.45, 7) is 2.03. The number of benzene rings is 2. The third kappa shape index (κ3) is 3.77. The van der Waals surface area contributed by atoms with Gasteiger partial charge in [0.05, 0.1) is 18.9 Å². The molecular formula is C18H19N3O2S. The molecule has 0 aliphatic heterocycles. The highest BCUT2D eigenvalue weighted by Crippen LogP contribution is 2.26. The zero-order valence-electron chi connectivity index (χ0n) is 13.6. The SMILES string of the molecule is COc1cccc(-n2cnnc2SC[C@@H](O)c2ccc(C)cc2)c1. The van der Waals surface area contributed by atoms with Gasteiger partial charge in [0.25, 0.3) is 0 Å². The van der Waals surface area contributed by atoms with E-state index in [-0.39, 0.29) is 0 Å². The van der Waals surface area contributed by atoms with Gasteiger partial charge in [-0.25, -0.2) is 0 Å². The van der Waals surface area contributed by atoms with Gasteiger partial charge >= 0.3 is 0 Å². The van der Waals surface area contributed by atoms with Crippen LogP contribution in [0.15, 0.2) is 60.0 Å². The molecule has 3 rings (SSSR count). The number of ether oxygens (including phenoxy) is 1. The Hall–Kier alpha value is -2.31. The van der Waals surface area contributed by atoms with E-state index in [1.807, 2.05) is 60.0 Å². The monoisotopic (exact) mass is 341 g/mol. The van der Waals surface area contributed by atoms with E-state index >= 15 is 0 Å². The Labute approximate surface area is 145 Å². The van der Waals surface area contributed by atoms with Crippen molar-refractivity contribution in [2.45, 2.75) is 18.2 Å². The molecule has 1 heterocycles. The molecule has 0 spiro atoms. The summed E-state index contributed by atoms with van der Waals surface area (Å²) < 4.78 is 7.14. The van der Waals surface area contributed by atoms with Crippen LogP contribution in [0.1, 0.15) is 17.2 Å². The summed E-state index contributed by atoms with van der Waals surface area (Å²) in [7, 11) is 1.64. The summed E-state index contributed by atoms with van der Waals surface area (Å²) in [5.41, 5.74) is 3.00. The van der Waals surface area contributed by atoms with E-state index < -0.39 is 6.10 Å². The van der Waals surface area contributed by atoms with E-state index in [0.29, 0.717) is 5.75 Å². The van der Waals surface area contributed by atoms with Gasteiger partial charge < -0.3 is 9.84 Å². The number of nitrogens with zero attached hydrogens (tertiary/aromatic N) is 3. The average Bonchev–Trinajstić information content (AvgIpc) is 3.09. The Morgan fingerprint density at radius 3 is 2.75 bits per heavy atom. The Morgan fingerprint density at radius 1 is 1.21 bits per heavy atom. The lowest BCUT2D eigenvalue weighted by atomic mass is 10.1. The number of aliphatic hydroxyl groups is 1. The lowest BCUT2D eigenvalue weighted by Gasteiger charge is -2.12. The van der Waals surface area contributed by atoms with Crippen LogP contribution in [0.2, 0.25) is 0 Å². The predicted octanol–water partition coefficient (Wildman–Crippen LogP) is 3.41. The number of aryl methyl sites for hydroxylation is 1. The minimum atomic E-state index is -0.550. The topological polar surface area (TPSA) is 60.2 Å². The summed E-state index contributed by atoms with van der Waals surface area (Å²) >= 11 is 1.47. The Kier molecular flexibility index (Phi) is 5.17. The van der Waals surface area contributed by atoms with E-state index in [1.165, 1.54) is 17.3 Å². The smallest absolute Gasteiger partial charge is 0.195 e. The van der Waals surface area contributed by atoms with Gasteiger partial charge in [0.1, 0.15) is 12.1 Å². The summed E-state index contributed by atoms with van der Waals surface area (Å²) in [6, 6.07) is 15.6. The van der Waals surface area contributed by atoms with Crippen molar-refractivity contribution < 1.29 is 9.84 Å². The molecule has 1 atom stereocenters. The maximum atomic E-state index is 10.4. The number of thioether (sulfide) groups is 1. The number of aliphatic hydroxyl groups excluding tert-OH is 1. The van der Waals surface area contributed by atoms with Crippen LogP contribution in [0.4, 0.5) is 0 Å². The van der Waals surface area contributed by atoms with Gasteiger partial charge in [-0.1, -0.05) is 47.7 Å². The number of methoxy groups -OCH3 is 1. The molecular weight excluding hydrogens is 322 g/mol. The average molecular weight is 341 g/mol. The summed E-state index contributed by atoms with van der Waals surface area (Å²) in [6.07, 6.45) is 1.11. The van der Waals surface area contributed by atoms with Crippen molar-refractivity contribution in [2.75, 3.05) is 12.9 Å². The summed E-state index contributed by atoms with van der Waals surface area (Å²) in [5.74, 6) is 1.28. The first-order chi connectivity index (χ1) is 11.7. The van der Waals surface area contributed by atoms with Gasteiger partial charge in [-0.05, 0) is 24.6 Å². The minimum absolute atomic E-state index is 0.506. The molecule has 0 unspecified atom stereocenters. The standard InChI is InChI=1S/C18H19N3O2S/c1-13-6-8-14(9-7-13)17(22)11-24-18-20-19-12-21(18)15-4-3-5-16(10-15)23-2/h3-10,12,17,22H,11H2,1-2H3/t17-/m1/s1. The molecule has 6 heteroatoms. The van der Waals surface area contributed by atoms with Gasteiger partial charge in [-0.15, -0.1) is 10.2 Å². The van der Waals surface area contributed by atoms with Crippen LogP contribution in [-0.4, -0.2) is 32.7 Å². The van der Waals surface area contributed by atoms with E-state index in [0.717, 1.165) is 22.2 Å². The Morgan fingerprint density at radius 2 is 2.00 bits per heavy atom. The second-order valence-electron chi connectivity index (χ2n) is 5.42. The number of hydrogen-bond acceptors (Lipinski definition) is 5. The van der Waals surface area contributed by atoms with Gasteiger partial charge in [0.2, 0.25) is 0 Å². The van der Waals surface area contributed by atoms with E-state index in [2.05, 4.69) is 10.2 Å². The van der Waals surface area contributed by atoms with Gasteiger partial charge in [0.15, 0.2) is 5.16 Å². The normalized spacial score (nSPS) is 12.1. The van der Waals surface area contributed by atoms with Crippen molar-refractivity contribution in [2.24, 2.45) is 0 Å². The van der Waals surface area contributed by atoms with E-state index in [9.17, 15) is 5.11 Å². The number of aromatic nitrogens is 3. The van der Waals surface area contributed by atoms with Gasteiger partial charge in [0, 0.05) is 11.8 Å². The Balaban J connectivity index is 1.72. The van der Waals surface area contributed by atoms with Crippen molar-refractivity contribution in [3.8, 4) is 11.4 Å². The molecule has 0 amide bonds. The molecule has 1 N–H and O–H groups in total. The van der Waals surface area contributed by atoms with Crippen molar-refractivity contribution in [1.29, 1.82) is 0 Å². The number of rotatable bonds is 6. The molecule has 5 nitrogen and oxygen atoms in total. The fraction of sp³-hybridized carbons (Fsp3) is 0.222. The number of hydrogen-bond donors (Lipinski definition) is 1. The predicted molar refractivity (Wildman–Crippen MR) is 94.8 cm³/mol. The minimum Gasteiger partial charge on any atom is -0.497 e. The third-order valence-corrected chi connectivity index (χ3v) is 4.70. The molecule has 1 aromatic heterocycles. The van der Waals surface area contributed by atoms with Gasteiger partial charge in [-0.3, -0.25) is 4.57 Å². The fourth-order valence-electron chi connectivity index (χ4n) is 2.30. The molecule has 0 bridgehead atoms. The van der Waals surface area contributed by atoms with Crippen molar-refractivity contribution in [3.05, 3.63) is 66.0 Å². The highest BCUT2D eigenvalue weighted by molar-refractivity contribution is 7.99. The van der Waals surface area contributed by atoms with Crippen molar-refractivity contribution >= 4 is 11.8 Å². The largest absolute Gasteiger partial charge is 0.497 e. The third-order valence-electron chi connectivity index (χ3n) is 3.68. The fourth-order valence-corrected chi connectivity index (χ4v) is 3.19. The highest BCUT2D eigenvalue weighted by atomic mass is 32.2. The Bertz CT molecular complexity index is 802. The molecule has 2 aromatic carbocycles. The zero-order chi connectivity index (χ0) is 16.9. The molecule has 0 fully saturated rings. The van der Waals surface area contributed by atoms with E-state index in [1.54, 1.807) is 13.4 Å². The highest BCUT2D eigenvalue weighted by Gasteiger charge is 2.12. The van der Waals surface area contributed by atoms with Crippen LogP contribution >= 0.6 is 11.8 Å². The lowest BCUT2D eigenvalue weighted by Crippen LogP contribution is -2.02. The van der Waals surface area contributed by atoms with Crippen LogP contribution in [0.3, 0.4) is 0 Å². The zero-order valence-corrected chi connectivity index (χ0v) is 14.4. The maximum Gasteiger partial charge on any atom is 0.195 e. The molecule has 0 saturated carbocycles. The van der Waals surface area contributed by atoms with E-state index in [4.69, 9.17) is 4.74 Å². The quantitative estimate of drug-likeness (QED) is 0.696. The molecule has 0 saturated heterocycles. The van der Waals surface area contributed by atoms with Crippen LogP contribution in [0.25, 0.3) is 5.69 Å². The summed E-state index contributed by atoms with van der Waals surface area (Å²) in [4.78, 5) is 0. The van der Waals surface area contributed by atoms with Crippen molar-refractivity contribution in [3.63, 3.8) is 0 Å². The first-order valence-corrected chi connectivity index (χ1v) is 8.58. The first kappa shape index (κ1) is 16.5. The molecule has 24 heavy (non-hydrogen) atoms. The molecule has 0 radical (unpaired) electrons. The molecule has 0 aliphatic carbocycles. The lowest BCUT2D eigenvalue weighted by molar-refractivity contribution is 0.204. The summed E-state index contributed by atoms with van der Waals surface area (Å²) in [5, 5.41) is 19.2. The second-order valence-corrected chi connectivity index (χ2v) is 6.41. The van der Waals surface area contributed by atoms with Crippen LogP contribution < -0.4 is 4.74 Å². The van der Waals surface area contributed by atoms with Crippen LogP contribution in [0.5, 0.6) is 5.75 Å². The van der Waals surface area contributed by atoms with Crippen LogP contribution in [0, 0.1) is 6.92 Å². The molecule has 0 aliphatic rings. The van der Waals surface area contributed by atoms with Crippen LogP contribution in [-0.2, 0) is 0 Å². The maximum absolute atomic E-state index is 10.4.